The van der Waals surface area contributed by atoms with Gasteiger partial charge in [0.1, 0.15) is 0 Å². The molecule has 0 bridgehead atoms. The first-order valence-electron chi connectivity index (χ1n) is 13.0. The number of carbonyl (C=O) groups excluding carboxylic acids is 2. The lowest BCUT2D eigenvalue weighted by atomic mass is 10.1. The molecular formula is C32H32N6O2. The van der Waals surface area contributed by atoms with Crippen molar-refractivity contribution in [2.75, 3.05) is 48.6 Å². The zero-order valence-corrected chi connectivity index (χ0v) is 23.5. The van der Waals surface area contributed by atoms with Crippen molar-refractivity contribution in [2.24, 2.45) is 0 Å². The minimum atomic E-state index is -0.264. The SMILES string of the molecule is Cc1cc(N(C)C)c2ccc(NC(=O)c3ccc(C(=O)Nc4ccc5c(N(C)C)cc(C)nc5c4)cc3)cc2n1. The van der Waals surface area contributed by atoms with Crippen LogP contribution in [0.3, 0.4) is 0 Å². The monoisotopic (exact) mass is 532 g/mol. The van der Waals surface area contributed by atoms with Crippen molar-refractivity contribution in [2.45, 2.75) is 13.8 Å². The molecule has 5 aromatic rings. The van der Waals surface area contributed by atoms with E-state index in [4.69, 9.17) is 0 Å². The van der Waals surface area contributed by atoms with Gasteiger partial charge in [-0.1, -0.05) is 0 Å². The molecule has 202 valence electrons. The molecule has 40 heavy (non-hydrogen) atoms. The summed E-state index contributed by atoms with van der Waals surface area (Å²) in [7, 11) is 7.98. The van der Waals surface area contributed by atoms with Crippen LogP contribution in [-0.2, 0) is 0 Å². The molecule has 0 aliphatic rings. The summed E-state index contributed by atoms with van der Waals surface area (Å²) in [4.78, 5) is 39.2. The van der Waals surface area contributed by atoms with Crippen LogP contribution in [0, 0.1) is 13.8 Å². The molecule has 2 amide bonds. The van der Waals surface area contributed by atoms with Crippen molar-refractivity contribution in [3.05, 3.63) is 95.3 Å². The van der Waals surface area contributed by atoms with Gasteiger partial charge in [-0.2, -0.15) is 0 Å². The third-order valence-corrected chi connectivity index (χ3v) is 6.72. The average Bonchev–Trinajstić information content (AvgIpc) is 2.91. The third-order valence-electron chi connectivity index (χ3n) is 6.72. The first-order valence-corrected chi connectivity index (χ1v) is 13.0. The second kappa shape index (κ2) is 10.6. The van der Waals surface area contributed by atoms with Crippen molar-refractivity contribution in [3.8, 4) is 0 Å². The number of rotatable bonds is 6. The zero-order valence-electron chi connectivity index (χ0n) is 23.5. The van der Waals surface area contributed by atoms with E-state index >= 15 is 0 Å². The largest absolute Gasteiger partial charge is 0.377 e. The number of carbonyl (C=O) groups is 2. The number of fused-ring (bicyclic) bond motifs is 2. The van der Waals surface area contributed by atoms with Gasteiger partial charge >= 0.3 is 0 Å². The smallest absolute Gasteiger partial charge is 0.255 e. The summed E-state index contributed by atoms with van der Waals surface area (Å²) in [5, 5.41) is 7.90. The van der Waals surface area contributed by atoms with Crippen molar-refractivity contribution in [1.29, 1.82) is 0 Å². The van der Waals surface area contributed by atoms with Gasteiger partial charge in [0.15, 0.2) is 0 Å². The van der Waals surface area contributed by atoms with E-state index in [9.17, 15) is 9.59 Å². The van der Waals surface area contributed by atoms with E-state index in [1.165, 1.54) is 0 Å². The summed E-state index contributed by atoms with van der Waals surface area (Å²) in [6.07, 6.45) is 0. The molecule has 0 saturated heterocycles. The Balaban J connectivity index is 1.30. The Kier molecular flexibility index (Phi) is 7.09. The van der Waals surface area contributed by atoms with Gasteiger partial charge in [-0.15, -0.1) is 0 Å². The Morgan fingerprint density at radius 2 is 0.950 bits per heavy atom. The first-order chi connectivity index (χ1) is 19.1. The maximum atomic E-state index is 12.9. The molecule has 0 aliphatic heterocycles. The van der Waals surface area contributed by atoms with E-state index in [1.807, 2.05) is 100 Å². The van der Waals surface area contributed by atoms with Gasteiger partial charge in [0.05, 0.1) is 11.0 Å². The van der Waals surface area contributed by atoms with Crippen molar-refractivity contribution in [1.82, 2.24) is 9.97 Å². The molecule has 0 aliphatic carbocycles. The standard InChI is InChI=1S/C32H32N6O2/c1-19-15-29(37(3)4)25-13-11-23(17-27(25)33-19)35-31(39)21-7-9-22(10-8-21)32(40)36-24-12-14-26-28(18-24)34-20(2)16-30(26)38(5)6/h7-18H,1-6H3,(H,35,39)(H,36,40). The molecule has 0 unspecified atom stereocenters. The first kappa shape index (κ1) is 26.6. The van der Waals surface area contributed by atoms with Crippen LogP contribution in [0.2, 0.25) is 0 Å². The van der Waals surface area contributed by atoms with Crippen LogP contribution in [0.15, 0.2) is 72.8 Å². The van der Waals surface area contributed by atoms with Crippen LogP contribution in [0.1, 0.15) is 32.1 Å². The maximum Gasteiger partial charge on any atom is 0.255 e. The van der Waals surface area contributed by atoms with Crippen LogP contribution < -0.4 is 20.4 Å². The number of nitrogens with zero attached hydrogens (tertiary/aromatic N) is 4. The highest BCUT2D eigenvalue weighted by Gasteiger charge is 2.13. The van der Waals surface area contributed by atoms with Crippen molar-refractivity contribution >= 4 is 56.4 Å². The molecule has 8 heteroatoms. The topological polar surface area (TPSA) is 90.5 Å². The number of benzene rings is 3. The van der Waals surface area contributed by atoms with Crippen LogP contribution in [-0.4, -0.2) is 50.0 Å². The Morgan fingerprint density at radius 3 is 1.30 bits per heavy atom. The molecule has 8 nitrogen and oxygen atoms in total. The molecule has 0 radical (unpaired) electrons. The molecule has 5 rings (SSSR count). The molecule has 0 atom stereocenters. The molecule has 0 fully saturated rings. The lowest BCUT2D eigenvalue weighted by Crippen LogP contribution is -2.14. The number of hydrogen-bond acceptors (Lipinski definition) is 6. The van der Waals surface area contributed by atoms with Gasteiger partial charge in [-0.25, -0.2) is 0 Å². The highest BCUT2D eigenvalue weighted by molar-refractivity contribution is 6.08. The summed E-state index contributed by atoms with van der Waals surface area (Å²) >= 11 is 0. The summed E-state index contributed by atoms with van der Waals surface area (Å²) in [6.45, 7) is 3.91. The molecule has 2 N–H and O–H groups in total. The summed E-state index contributed by atoms with van der Waals surface area (Å²) in [5.74, 6) is -0.529. The molecule has 2 aromatic heterocycles. The predicted octanol–water partition coefficient (Wildman–Crippen LogP) is 6.04. The van der Waals surface area contributed by atoms with E-state index in [1.54, 1.807) is 24.3 Å². The highest BCUT2D eigenvalue weighted by atomic mass is 16.2. The fraction of sp³-hybridized carbons (Fsp3) is 0.188. The lowest BCUT2D eigenvalue weighted by Gasteiger charge is -2.17. The van der Waals surface area contributed by atoms with E-state index in [0.717, 1.165) is 44.6 Å². The molecule has 3 aromatic carbocycles. The normalized spacial score (nSPS) is 10.9. The zero-order chi connectivity index (χ0) is 28.6. The third kappa shape index (κ3) is 5.42. The van der Waals surface area contributed by atoms with E-state index in [0.29, 0.717) is 22.5 Å². The number of pyridine rings is 2. The number of anilines is 4. The number of nitrogens with one attached hydrogen (secondary N) is 2. The Bertz CT molecular complexity index is 1630. The van der Waals surface area contributed by atoms with Gasteiger partial charge in [0.25, 0.3) is 11.8 Å². The van der Waals surface area contributed by atoms with Gasteiger partial charge in [-0.3, -0.25) is 19.6 Å². The molecule has 0 spiro atoms. The van der Waals surface area contributed by atoms with E-state index in [-0.39, 0.29) is 11.8 Å². The van der Waals surface area contributed by atoms with Crippen LogP contribution >= 0.6 is 0 Å². The van der Waals surface area contributed by atoms with E-state index < -0.39 is 0 Å². The van der Waals surface area contributed by atoms with Crippen LogP contribution in [0.4, 0.5) is 22.7 Å². The predicted molar refractivity (Wildman–Crippen MR) is 164 cm³/mol. The van der Waals surface area contributed by atoms with Gasteiger partial charge in [0, 0.05) is 84.2 Å². The maximum absolute atomic E-state index is 12.9. The second-order valence-corrected chi connectivity index (χ2v) is 10.3. The average molecular weight is 533 g/mol. The summed E-state index contributed by atoms with van der Waals surface area (Å²) in [5.41, 5.74) is 7.78. The Morgan fingerprint density at radius 1 is 0.575 bits per heavy atom. The van der Waals surface area contributed by atoms with Crippen LogP contribution in [0.5, 0.6) is 0 Å². The quantitative estimate of drug-likeness (QED) is 0.277. The number of amides is 2. The summed E-state index contributed by atoms with van der Waals surface area (Å²) in [6, 6.07) is 22.1. The minimum absolute atomic E-state index is 0.264. The Hall–Kier alpha value is -4.98. The fourth-order valence-electron chi connectivity index (χ4n) is 4.75. The highest BCUT2D eigenvalue weighted by Crippen LogP contribution is 2.29. The molecule has 0 saturated carbocycles. The molecular weight excluding hydrogens is 500 g/mol. The Labute approximate surface area is 233 Å². The van der Waals surface area contributed by atoms with Gasteiger partial charge in [-0.05, 0) is 86.6 Å². The van der Waals surface area contributed by atoms with Gasteiger partial charge < -0.3 is 20.4 Å². The second-order valence-electron chi connectivity index (χ2n) is 10.3. The minimum Gasteiger partial charge on any atom is -0.377 e. The van der Waals surface area contributed by atoms with Crippen molar-refractivity contribution < 1.29 is 9.59 Å². The van der Waals surface area contributed by atoms with Crippen molar-refractivity contribution in [3.63, 3.8) is 0 Å². The lowest BCUT2D eigenvalue weighted by molar-refractivity contribution is 0.101. The van der Waals surface area contributed by atoms with E-state index in [2.05, 4.69) is 20.6 Å². The summed E-state index contributed by atoms with van der Waals surface area (Å²) < 4.78 is 0. The van der Waals surface area contributed by atoms with Crippen LogP contribution in [0.25, 0.3) is 21.8 Å². The number of aryl methyl sites for hydroxylation is 2. The van der Waals surface area contributed by atoms with Gasteiger partial charge in [0.2, 0.25) is 0 Å². The number of hydrogen-bond donors (Lipinski definition) is 2. The molecule has 2 heterocycles. The number of aromatic nitrogens is 2. The fourth-order valence-corrected chi connectivity index (χ4v) is 4.75.